The van der Waals surface area contributed by atoms with Crippen molar-refractivity contribution in [3.05, 3.63) is 0 Å². The van der Waals surface area contributed by atoms with Gasteiger partial charge in [0.2, 0.25) is 5.91 Å². The van der Waals surface area contributed by atoms with Crippen LogP contribution in [0.5, 0.6) is 0 Å². The highest BCUT2D eigenvalue weighted by Crippen LogP contribution is 2.09. The Morgan fingerprint density at radius 3 is 2.69 bits per heavy atom. The lowest BCUT2D eigenvalue weighted by Gasteiger charge is -2.22. The molecule has 0 aromatic carbocycles. The van der Waals surface area contributed by atoms with Crippen LogP contribution in [0.15, 0.2) is 0 Å². The maximum Gasteiger partial charge on any atom is 0.233 e. The third kappa shape index (κ3) is 6.08. The Balaban J connectivity index is 1.99. The number of rotatable bonds is 6. The number of hydrogen-bond donors (Lipinski definition) is 3. The van der Waals surface area contributed by atoms with E-state index in [1.54, 1.807) is 0 Å². The molecule has 1 rings (SSSR count). The van der Waals surface area contributed by atoms with Crippen LogP contribution in [0.3, 0.4) is 0 Å². The zero-order valence-electron chi connectivity index (χ0n) is 10.5. The number of carbonyl (C=O) groups excluding carboxylic acids is 1. The Morgan fingerprint density at radius 2 is 2.06 bits per heavy atom. The van der Waals surface area contributed by atoms with Crippen molar-refractivity contribution in [2.24, 2.45) is 11.8 Å². The van der Waals surface area contributed by atoms with Gasteiger partial charge < -0.3 is 16.0 Å². The average Bonchev–Trinajstić information content (AvgIpc) is 2.28. The maximum atomic E-state index is 11.4. The lowest BCUT2D eigenvalue weighted by molar-refractivity contribution is -0.120. The van der Waals surface area contributed by atoms with E-state index in [2.05, 4.69) is 29.8 Å². The molecule has 1 amide bonds. The van der Waals surface area contributed by atoms with Crippen LogP contribution in [0.1, 0.15) is 26.7 Å². The Labute approximate surface area is 98.6 Å². The molecule has 0 aromatic heterocycles. The van der Waals surface area contributed by atoms with Gasteiger partial charge in [-0.2, -0.15) is 0 Å². The summed E-state index contributed by atoms with van der Waals surface area (Å²) in [5.41, 5.74) is 0. The maximum absolute atomic E-state index is 11.4. The summed E-state index contributed by atoms with van der Waals surface area (Å²) < 4.78 is 0. The summed E-state index contributed by atoms with van der Waals surface area (Å²) in [7, 11) is 0. The monoisotopic (exact) mass is 227 g/mol. The van der Waals surface area contributed by atoms with Crippen molar-refractivity contribution in [3.63, 3.8) is 0 Å². The predicted octanol–water partition coefficient (Wildman–Crippen LogP) is 0.348. The summed E-state index contributed by atoms with van der Waals surface area (Å²) in [5, 5.41) is 9.48. The van der Waals surface area contributed by atoms with E-state index in [1.807, 2.05) is 0 Å². The minimum absolute atomic E-state index is 0.114. The van der Waals surface area contributed by atoms with E-state index in [4.69, 9.17) is 0 Å². The van der Waals surface area contributed by atoms with Gasteiger partial charge in [-0.15, -0.1) is 0 Å². The summed E-state index contributed by atoms with van der Waals surface area (Å²) in [6, 6.07) is 0. The van der Waals surface area contributed by atoms with Crippen LogP contribution in [0.2, 0.25) is 0 Å². The molecule has 4 nitrogen and oxygen atoms in total. The number of nitrogens with one attached hydrogen (secondary N) is 3. The molecule has 1 saturated heterocycles. The molecular formula is C12H25N3O. The average molecular weight is 227 g/mol. The molecule has 0 aliphatic carbocycles. The summed E-state index contributed by atoms with van der Waals surface area (Å²) in [6.07, 6.45) is 2.45. The number of carbonyl (C=O) groups is 1. The molecule has 1 fully saturated rings. The van der Waals surface area contributed by atoms with Crippen molar-refractivity contribution in [2.45, 2.75) is 26.7 Å². The second-order valence-corrected chi connectivity index (χ2v) is 5.02. The van der Waals surface area contributed by atoms with Crippen LogP contribution in [0.4, 0.5) is 0 Å². The predicted molar refractivity (Wildman–Crippen MR) is 66.3 cm³/mol. The lowest BCUT2D eigenvalue weighted by atomic mass is 9.98. The van der Waals surface area contributed by atoms with Gasteiger partial charge in [0.05, 0.1) is 6.54 Å². The molecular weight excluding hydrogens is 202 g/mol. The molecule has 0 atom stereocenters. The molecule has 3 N–H and O–H groups in total. The molecule has 1 aliphatic heterocycles. The first-order valence-corrected chi connectivity index (χ1v) is 6.36. The van der Waals surface area contributed by atoms with E-state index in [1.165, 1.54) is 12.8 Å². The Bertz CT molecular complexity index is 200. The van der Waals surface area contributed by atoms with Gasteiger partial charge in [-0.1, -0.05) is 13.8 Å². The topological polar surface area (TPSA) is 53.2 Å². The van der Waals surface area contributed by atoms with Gasteiger partial charge in [0.25, 0.3) is 0 Å². The van der Waals surface area contributed by atoms with Gasteiger partial charge in [0, 0.05) is 6.54 Å². The first kappa shape index (κ1) is 13.5. The van der Waals surface area contributed by atoms with Crippen LogP contribution in [-0.2, 0) is 4.79 Å². The summed E-state index contributed by atoms with van der Waals surface area (Å²) in [5.74, 6) is 1.37. The van der Waals surface area contributed by atoms with Gasteiger partial charge in [0.15, 0.2) is 0 Å². The number of piperidine rings is 1. The Hall–Kier alpha value is -0.610. The van der Waals surface area contributed by atoms with Crippen molar-refractivity contribution < 1.29 is 4.79 Å². The number of amides is 1. The van der Waals surface area contributed by atoms with Crippen LogP contribution in [0, 0.1) is 11.8 Å². The summed E-state index contributed by atoms with van der Waals surface area (Å²) in [4.78, 5) is 11.4. The minimum atomic E-state index is 0.114. The Kier molecular flexibility index (Phi) is 6.42. The van der Waals surface area contributed by atoms with Crippen molar-refractivity contribution in [1.29, 1.82) is 0 Å². The van der Waals surface area contributed by atoms with E-state index in [0.29, 0.717) is 12.5 Å². The van der Waals surface area contributed by atoms with Gasteiger partial charge in [-0.05, 0) is 44.3 Å². The quantitative estimate of drug-likeness (QED) is 0.613. The molecule has 16 heavy (non-hydrogen) atoms. The van der Waals surface area contributed by atoms with E-state index in [9.17, 15) is 4.79 Å². The molecule has 0 bridgehead atoms. The minimum Gasteiger partial charge on any atom is -0.355 e. The lowest BCUT2D eigenvalue weighted by Crippen LogP contribution is -2.39. The van der Waals surface area contributed by atoms with Crippen LogP contribution in [0.25, 0.3) is 0 Å². The van der Waals surface area contributed by atoms with E-state index < -0.39 is 0 Å². The standard InChI is InChI=1S/C12H25N3O/c1-10(2)7-15-12(16)9-14-8-11-3-5-13-6-4-11/h10-11,13-14H,3-9H2,1-2H3,(H,15,16). The van der Waals surface area contributed by atoms with Crippen molar-refractivity contribution >= 4 is 5.91 Å². The van der Waals surface area contributed by atoms with Crippen LogP contribution >= 0.6 is 0 Å². The molecule has 94 valence electrons. The number of hydrogen-bond acceptors (Lipinski definition) is 3. The molecule has 0 saturated carbocycles. The zero-order chi connectivity index (χ0) is 11.8. The van der Waals surface area contributed by atoms with Crippen molar-refractivity contribution in [2.75, 3.05) is 32.7 Å². The van der Waals surface area contributed by atoms with Gasteiger partial charge in [0.1, 0.15) is 0 Å². The van der Waals surface area contributed by atoms with Crippen molar-refractivity contribution in [3.8, 4) is 0 Å². The first-order valence-electron chi connectivity index (χ1n) is 6.36. The highest BCUT2D eigenvalue weighted by Gasteiger charge is 2.12. The first-order chi connectivity index (χ1) is 7.68. The molecule has 0 unspecified atom stereocenters. The molecule has 0 aromatic rings. The van der Waals surface area contributed by atoms with Gasteiger partial charge in [-0.25, -0.2) is 0 Å². The molecule has 1 aliphatic rings. The SMILES string of the molecule is CC(C)CNC(=O)CNCC1CCNCC1. The van der Waals surface area contributed by atoms with Crippen LogP contribution in [-0.4, -0.2) is 38.6 Å². The fraction of sp³-hybridized carbons (Fsp3) is 0.917. The third-order valence-electron chi connectivity index (χ3n) is 2.88. The van der Waals surface area contributed by atoms with Gasteiger partial charge >= 0.3 is 0 Å². The Morgan fingerprint density at radius 1 is 1.38 bits per heavy atom. The molecule has 4 heteroatoms. The zero-order valence-corrected chi connectivity index (χ0v) is 10.5. The summed E-state index contributed by atoms with van der Waals surface area (Å²) >= 11 is 0. The van der Waals surface area contributed by atoms with E-state index in [-0.39, 0.29) is 5.91 Å². The van der Waals surface area contributed by atoms with Crippen molar-refractivity contribution in [1.82, 2.24) is 16.0 Å². The third-order valence-corrected chi connectivity index (χ3v) is 2.88. The van der Waals surface area contributed by atoms with E-state index in [0.717, 1.165) is 32.1 Å². The normalized spacial score (nSPS) is 17.7. The molecule has 0 spiro atoms. The highest BCUT2D eigenvalue weighted by molar-refractivity contribution is 5.77. The van der Waals surface area contributed by atoms with E-state index >= 15 is 0 Å². The summed E-state index contributed by atoms with van der Waals surface area (Å²) in [6.45, 7) is 8.63. The van der Waals surface area contributed by atoms with Gasteiger partial charge in [-0.3, -0.25) is 4.79 Å². The molecule has 1 heterocycles. The largest absolute Gasteiger partial charge is 0.355 e. The fourth-order valence-corrected chi connectivity index (χ4v) is 1.86. The smallest absolute Gasteiger partial charge is 0.233 e. The molecule has 0 radical (unpaired) electrons. The fourth-order valence-electron chi connectivity index (χ4n) is 1.86. The second kappa shape index (κ2) is 7.63. The highest BCUT2D eigenvalue weighted by atomic mass is 16.1. The second-order valence-electron chi connectivity index (χ2n) is 5.02. The van der Waals surface area contributed by atoms with Crippen LogP contribution < -0.4 is 16.0 Å².